The third-order valence-corrected chi connectivity index (χ3v) is 2.43. The molecule has 1 rings (SSSR count). The second-order valence-corrected chi connectivity index (χ2v) is 4.06. The van der Waals surface area contributed by atoms with Gasteiger partial charge in [-0.2, -0.15) is 0 Å². The minimum atomic E-state index is -0.971. The summed E-state index contributed by atoms with van der Waals surface area (Å²) in [5.74, 6) is -1.09. The molecular formula is C10H16N2O3. The molecule has 0 aliphatic heterocycles. The molecule has 15 heavy (non-hydrogen) atoms. The van der Waals surface area contributed by atoms with Gasteiger partial charge in [0.25, 0.3) is 0 Å². The Hall–Kier alpha value is -1.52. The lowest BCUT2D eigenvalue weighted by Crippen LogP contribution is -2.34. The summed E-state index contributed by atoms with van der Waals surface area (Å²) in [7, 11) is 1.62. The summed E-state index contributed by atoms with van der Waals surface area (Å²) in [5, 5.41) is 9.09. The number of aliphatic carboxylic acids is 1. The molecule has 1 unspecified atom stereocenters. The van der Waals surface area contributed by atoms with E-state index in [4.69, 9.17) is 5.11 Å². The smallest absolute Gasteiger partial charge is 0.328 e. The molecule has 0 saturated carbocycles. The maximum Gasteiger partial charge on any atom is 0.328 e. The summed E-state index contributed by atoms with van der Waals surface area (Å²) in [4.78, 5) is 22.8. The number of hydrogen-bond donors (Lipinski definition) is 1. The average Bonchev–Trinajstić information content (AvgIpc) is 2.31. The lowest BCUT2D eigenvalue weighted by molar-refractivity contribution is -0.142. The Morgan fingerprint density at radius 3 is 2.27 bits per heavy atom. The van der Waals surface area contributed by atoms with Gasteiger partial charge in [-0.15, -0.1) is 0 Å². The van der Waals surface area contributed by atoms with Crippen molar-refractivity contribution in [2.24, 2.45) is 13.0 Å². The van der Waals surface area contributed by atoms with Crippen LogP contribution in [0.2, 0.25) is 0 Å². The van der Waals surface area contributed by atoms with E-state index in [1.165, 1.54) is 9.13 Å². The van der Waals surface area contributed by atoms with Crippen molar-refractivity contribution in [2.45, 2.75) is 26.8 Å². The number of rotatable bonds is 3. The number of aryl methyl sites for hydroxylation is 2. The van der Waals surface area contributed by atoms with Crippen LogP contribution in [0.5, 0.6) is 0 Å². The number of nitrogens with zero attached hydrogens (tertiary/aromatic N) is 2. The summed E-state index contributed by atoms with van der Waals surface area (Å²) in [6, 6.07) is -0.793. The van der Waals surface area contributed by atoms with E-state index in [0.29, 0.717) is 5.69 Å². The SMILES string of the molecule is Cc1cn(C)c(=O)n1C(C(=O)O)C(C)C. The Bertz CT molecular complexity index is 428. The predicted molar refractivity (Wildman–Crippen MR) is 55.9 cm³/mol. The van der Waals surface area contributed by atoms with E-state index in [0.717, 1.165) is 0 Å². The Morgan fingerprint density at radius 1 is 1.47 bits per heavy atom. The second-order valence-electron chi connectivity index (χ2n) is 4.06. The zero-order valence-electron chi connectivity index (χ0n) is 9.39. The second kappa shape index (κ2) is 3.92. The molecule has 0 fully saturated rings. The fourth-order valence-electron chi connectivity index (χ4n) is 1.75. The molecule has 0 aliphatic carbocycles. The highest BCUT2D eigenvalue weighted by Crippen LogP contribution is 2.17. The van der Waals surface area contributed by atoms with Crippen molar-refractivity contribution in [1.29, 1.82) is 0 Å². The van der Waals surface area contributed by atoms with E-state index in [1.807, 2.05) is 0 Å². The highest BCUT2D eigenvalue weighted by atomic mass is 16.4. The van der Waals surface area contributed by atoms with E-state index >= 15 is 0 Å². The minimum absolute atomic E-state index is 0.124. The van der Waals surface area contributed by atoms with Gasteiger partial charge in [-0.25, -0.2) is 9.59 Å². The van der Waals surface area contributed by atoms with Crippen molar-refractivity contribution in [3.05, 3.63) is 22.4 Å². The molecule has 0 aliphatic rings. The average molecular weight is 212 g/mol. The zero-order chi connectivity index (χ0) is 11.7. The zero-order valence-corrected chi connectivity index (χ0v) is 9.39. The number of carboxylic acid groups (broad SMARTS) is 1. The normalized spacial score (nSPS) is 13.1. The molecule has 0 aromatic carbocycles. The summed E-state index contributed by atoms with van der Waals surface area (Å²) >= 11 is 0. The number of carbonyl (C=O) groups is 1. The lowest BCUT2D eigenvalue weighted by atomic mass is 10.0. The van der Waals surface area contributed by atoms with Crippen molar-refractivity contribution >= 4 is 5.97 Å². The van der Waals surface area contributed by atoms with Crippen molar-refractivity contribution in [3.8, 4) is 0 Å². The van der Waals surface area contributed by atoms with E-state index in [-0.39, 0.29) is 11.6 Å². The maximum absolute atomic E-state index is 11.7. The molecule has 1 atom stereocenters. The van der Waals surface area contributed by atoms with Crippen molar-refractivity contribution in [1.82, 2.24) is 9.13 Å². The third kappa shape index (κ3) is 1.95. The molecular weight excluding hydrogens is 196 g/mol. The highest BCUT2D eigenvalue weighted by molar-refractivity contribution is 5.72. The molecule has 84 valence electrons. The molecule has 0 radical (unpaired) electrons. The quantitative estimate of drug-likeness (QED) is 0.805. The first kappa shape index (κ1) is 11.6. The molecule has 5 heteroatoms. The van der Waals surface area contributed by atoms with E-state index < -0.39 is 12.0 Å². The van der Waals surface area contributed by atoms with Crippen molar-refractivity contribution in [3.63, 3.8) is 0 Å². The van der Waals surface area contributed by atoms with Gasteiger partial charge in [-0.1, -0.05) is 13.8 Å². The first-order valence-electron chi connectivity index (χ1n) is 4.83. The van der Waals surface area contributed by atoms with Crippen LogP contribution in [0.15, 0.2) is 11.0 Å². The summed E-state index contributed by atoms with van der Waals surface area (Å²) in [5.41, 5.74) is 0.386. The molecule has 5 nitrogen and oxygen atoms in total. The van der Waals surface area contributed by atoms with Crippen molar-refractivity contribution in [2.75, 3.05) is 0 Å². The fourth-order valence-corrected chi connectivity index (χ4v) is 1.75. The monoisotopic (exact) mass is 212 g/mol. The number of hydrogen-bond acceptors (Lipinski definition) is 2. The Labute approximate surface area is 88.0 Å². The molecule has 1 aromatic heterocycles. The standard InChI is InChI=1S/C10H16N2O3/c1-6(2)8(9(13)14)12-7(3)5-11(4)10(12)15/h5-6,8H,1-4H3,(H,13,14). The van der Waals surface area contributed by atoms with Crippen LogP contribution in [0, 0.1) is 12.8 Å². The Kier molecular flexibility index (Phi) is 3.02. The number of imidazole rings is 1. The van der Waals surface area contributed by atoms with E-state index in [9.17, 15) is 9.59 Å². The van der Waals surface area contributed by atoms with Crippen LogP contribution in [-0.2, 0) is 11.8 Å². The number of carboxylic acids is 1. The molecule has 0 saturated heterocycles. The summed E-state index contributed by atoms with van der Waals surface area (Å²) in [6.07, 6.45) is 1.64. The van der Waals surface area contributed by atoms with Gasteiger partial charge in [0, 0.05) is 18.9 Å². The lowest BCUT2D eigenvalue weighted by Gasteiger charge is -2.18. The van der Waals surface area contributed by atoms with Gasteiger partial charge in [-0.05, 0) is 12.8 Å². The maximum atomic E-state index is 11.7. The molecule has 1 heterocycles. The van der Waals surface area contributed by atoms with Crippen molar-refractivity contribution < 1.29 is 9.90 Å². The van der Waals surface area contributed by atoms with E-state index in [2.05, 4.69) is 0 Å². The topological polar surface area (TPSA) is 64.2 Å². The summed E-state index contributed by atoms with van der Waals surface area (Å²) < 4.78 is 2.72. The fraction of sp³-hybridized carbons (Fsp3) is 0.600. The molecule has 1 aromatic rings. The number of aromatic nitrogens is 2. The van der Waals surface area contributed by atoms with Gasteiger partial charge >= 0.3 is 11.7 Å². The van der Waals surface area contributed by atoms with Gasteiger partial charge in [-0.3, -0.25) is 4.57 Å². The van der Waals surface area contributed by atoms with Gasteiger partial charge < -0.3 is 9.67 Å². The molecule has 1 N–H and O–H groups in total. The third-order valence-electron chi connectivity index (χ3n) is 2.43. The first-order valence-corrected chi connectivity index (χ1v) is 4.83. The van der Waals surface area contributed by atoms with Gasteiger partial charge in [0.2, 0.25) is 0 Å². The van der Waals surface area contributed by atoms with Crippen LogP contribution in [0.3, 0.4) is 0 Å². The largest absolute Gasteiger partial charge is 0.480 e. The van der Waals surface area contributed by atoms with Crippen LogP contribution < -0.4 is 5.69 Å². The Morgan fingerprint density at radius 2 is 2.00 bits per heavy atom. The molecule has 0 bridgehead atoms. The van der Waals surface area contributed by atoms with Crippen LogP contribution in [-0.4, -0.2) is 20.2 Å². The predicted octanol–water partition coefficient (Wildman–Crippen LogP) is 0.777. The summed E-state index contributed by atoms with van der Waals surface area (Å²) in [6.45, 7) is 5.31. The van der Waals surface area contributed by atoms with Crippen LogP contribution >= 0.6 is 0 Å². The molecule has 0 amide bonds. The Balaban J connectivity index is 3.35. The highest BCUT2D eigenvalue weighted by Gasteiger charge is 2.26. The van der Waals surface area contributed by atoms with Gasteiger partial charge in [0.05, 0.1) is 0 Å². The van der Waals surface area contributed by atoms with Crippen LogP contribution in [0.25, 0.3) is 0 Å². The minimum Gasteiger partial charge on any atom is -0.480 e. The van der Waals surface area contributed by atoms with E-state index in [1.54, 1.807) is 34.0 Å². The molecule has 0 spiro atoms. The van der Waals surface area contributed by atoms with Crippen LogP contribution in [0.1, 0.15) is 25.6 Å². The van der Waals surface area contributed by atoms with Crippen LogP contribution in [0.4, 0.5) is 0 Å². The first-order chi connectivity index (χ1) is 6.86. The van der Waals surface area contributed by atoms with Gasteiger partial charge in [0.1, 0.15) is 6.04 Å². The van der Waals surface area contributed by atoms with Gasteiger partial charge in [0.15, 0.2) is 0 Å².